The van der Waals surface area contributed by atoms with Gasteiger partial charge in [0.1, 0.15) is 0 Å². The Morgan fingerprint density at radius 3 is 2.24 bits per heavy atom. The highest BCUT2D eigenvalue weighted by atomic mass is 35.5. The Morgan fingerprint density at radius 1 is 0.897 bits per heavy atom. The number of carbonyl (C=O) groups is 2. The van der Waals surface area contributed by atoms with Gasteiger partial charge in [0.05, 0.1) is 22.4 Å². The molecule has 3 aromatic rings. The number of hydrogen-bond acceptors (Lipinski definition) is 5. The normalized spacial score (nSPS) is 11.0. The van der Waals surface area contributed by atoms with Gasteiger partial charge in [0.15, 0.2) is 0 Å². The van der Waals surface area contributed by atoms with Crippen LogP contribution in [-0.4, -0.2) is 26.5 Å². The summed E-state index contributed by atoms with van der Waals surface area (Å²) in [4.78, 5) is 25.1. The highest BCUT2D eigenvalue weighted by Gasteiger charge is 2.14. The Balaban J connectivity index is 1.67. The molecule has 0 saturated heterocycles. The third-order valence-corrected chi connectivity index (χ3v) is 5.40. The molecule has 0 unspecified atom stereocenters. The molecule has 150 valence electrons. The summed E-state index contributed by atoms with van der Waals surface area (Å²) in [5.74, 6) is -0.751. The number of carbonyl (C=O) groups excluding carboxylic acids is 2. The van der Waals surface area contributed by atoms with E-state index in [0.29, 0.717) is 32.5 Å². The summed E-state index contributed by atoms with van der Waals surface area (Å²) >= 11 is 6.95. The van der Waals surface area contributed by atoms with Gasteiger partial charge in [-0.1, -0.05) is 17.7 Å². The summed E-state index contributed by atoms with van der Waals surface area (Å²) in [5, 5.41) is 7.56. The lowest BCUT2D eigenvalue weighted by molar-refractivity contribution is 0.102. The predicted molar refractivity (Wildman–Crippen MR) is 117 cm³/mol. The molecule has 0 aliphatic carbocycles. The Morgan fingerprint density at radius 2 is 1.55 bits per heavy atom. The lowest BCUT2D eigenvalue weighted by atomic mass is 10.2. The van der Waals surface area contributed by atoms with E-state index in [1.807, 2.05) is 0 Å². The van der Waals surface area contributed by atoms with E-state index < -0.39 is 15.9 Å². The standard InChI is InChI=1S/C19H16ClN3O4S2/c1-29(26,27)23-16-4-2-3-15(10-16)22-19(25)17-9-12(11-28-17)18(24)21-14-7-5-13(20)6-8-14/h2-11,23H,1H3,(H,21,24)(H,22,25). The summed E-state index contributed by atoms with van der Waals surface area (Å²) in [6.45, 7) is 0. The quantitative estimate of drug-likeness (QED) is 0.522. The molecule has 0 bridgehead atoms. The Labute approximate surface area is 176 Å². The molecule has 0 radical (unpaired) electrons. The monoisotopic (exact) mass is 449 g/mol. The SMILES string of the molecule is CS(=O)(=O)Nc1cccc(NC(=O)c2cc(C(=O)Nc3ccc(Cl)cc3)cs2)c1. The highest BCUT2D eigenvalue weighted by Crippen LogP contribution is 2.21. The molecule has 1 heterocycles. The van der Waals surface area contributed by atoms with E-state index in [4.69, 9.17) is 11.6 Å². The maximum atomic E-state index is 12.5. The van der Waals surface area contributed by atoms with Gasteiger partial charge in [-0.25, -0.2) is 8.42 Å². The first-order valence-corrected chi connectivity index (χ1v) is 11.4. The number of benzene rings is 2. The van der Waals surface area contributed by atoms with Gasteiger partial charge in [-0.05, 0) is 48.5 Å². The number of rotatable bonds is 6. The number of anilines is 3. The maximum Gasteiger partial charge on any atom is 0.265 e. The van der Waals surface area contributed by atoms with E-state index in [-0.39, 0.29) is 5.91 Å². The van der Waals surface area contributed by atoms with E-state index in [2.05, 4.69) is 15.4 Å². The molecule has 0 aliphatic heterocycles. The largest absolute Gasteiger partial charge is 0.322 e. The topological polar surface area (TPSA) is 104 Å². The number of nitrogens with one attached hydrogen (secondary N) is 3. The van der Waals surface area contributed by atoms with Crippen LogP contribution in [0, 0.1) is 0 Å². The first-order valence-electron chi connectivity index (χ1n) is 8.24. The fraction of sp³-hybridized carbons (Fsp3) is 0.0526. The lowest BCUT2D eigenvalue weighted by Crippen LogP contribution is -2.13. The van der Waals surface area contributed by atoms with E-state index in [1.165, 1.54) is 12.1 Å². The molecule has 0 fully saturated rings. The van der Waals surface area contributed by atoms with Crippen molar-refractivity contribution in [1.29, 1.82) is 0 Å². The number of halogens is 1. The molecule has 0 atom stereocenters. The minimum atomic E-state index is -3.42. The molecule has 0 spiro atoms. The molecular formula is C19H16ClN3O4S2. The molecule has 0 saturated carbocycles. The molecule has 7 nitrogen and oxygen atoms in total. The Bertz CT molecular complexity index is 1160. The third kappa shape index (κ3) is 6.05. The zero-order valence-corrected chi connectivity index (χ0v) is 17.5. The second-order valence-electron chi connectivity index (χ2n) is 6.07. The molecule has 3 rings (SSSR count). The van der Waals surface area contributed by atoms with Crippen LogP contribution >= 0.6 is 22.9 Å². The van der Waals surface area contributed by atoms with Crippen molar-refractivity contribution < 1.29 is 18.0 Å². The summed E-state index contributed by atoms with van der Waals surface area (Å²) in [6.07, 6.45) is 1.04. The molecule has 29 heavy (non-hydrogen) atoms. The van der Waals surface area contributed by atoms with E-state index in [9.17, 15) is 18.0 Å². The van der Waals surface area contributed by atoms with Crippen molar-refractivity contribution in [2.45, 2.75) is 0 Å². The van der Waals surface area contributed by atoms with Crippen molar-refractivity contribution >= 4 is 61.8 Å². The summed E-state index contributed by atoms with van der Waals surface area (Å²) in [7, 11) is -3.42. The van der Waals surface area contributed by atoms with Gasteiger partial charge >= 0.3 is 0 Å². The fourth-order valence-corrected chi connectivity index (χ4v) is 3.84. The Kier molecular flexibility index (Phi) is 6.21. The number of thiophene rings is 1. The van der Waals surface area contributed by atoms with E-state index in [1.54, 1.807) is 47.8 Å². The highest BCUT2D eigenvalue weighted by molar-refractivity contribution is 7.92. The molecular weight excluding hydrogens is 434 g/mol. The van der Waals surface area contributed by atoms with Crippen molar-refractivity contribution in [2.75, 3.05) is 21.6 Å². The zero-order valence-electron chi connectivity index (χ0n) is 15.1. The zero-order chi connectivity index (χ0) is 21.0. The van der Waals surface area contributed by atoms with Crippen molar-refractivity contribution in [2.24, 2.45) is 0 Å². The van der Waals surface area contributed by atoms with Crippen LogP contribution in [0.2, 0.25) is 5.02 Å². The number of hydrogen-bond donors (Lipinski definition) is 3. The fourth-order valence-electron chi connectivity index (χ4n) is 2.38. The predicted octanol–water partition coefficient (Wildman–Crippen LogP) is 4.28. The van der Waals surface area contributed by atoms with E-state index in [0.717, 1.165) is 17.6 Å². The molecule has 10 heteroatoms. The molecule has 2 amide bonds. The average molecular weight is 450 g/mol. The second-order valence-corrected chi connectivity index (χ2v) is 9.17. The van der Waals surface area contributed by atoms with Crippen LogP contribution in [0.1, 0.15) is 20.0 Å². The van der Waals surface area contributed by atoms with Crippen molar-refractivity contribution in [3.63, 3.8) is 0 Å². The molecule has 0 aliphatic rings. The van der Waals surface area contributed by atoms with Crippen molar-refractivity contribution in [1.82, 2.24) is 0 Å². The first kappa shape index (κ1) is 20.8. The van der Waals surface area contributed by atoms with Gasteiger partial charge in [-0.3, -0.25) is 14.3 Å². The minimum absolute atomic E-state index is 0.333. The van der Waals surface area contributed by atoms with E-state index >= 15 is 0 Å². The third-order valence-electron chi connectivity index (χ3n) is 3.61. The van der Waals surface area contributed by atoms with Gasteiger partial charge in [0.2, 0.25) is 10.0 Å². The van der Waals surface area contributed by atoms with Crippen LogP contribution in [0.4, 0.5) is 17.1 Å². The van der Waals surface area contributed by atoms with Gasteiger partial charge in [0, 0.05) is 21.8 Å². The van der Waals surface area contributed by atoms with Crippen LogP contribution in [0.3, 0.4) is 0 Å². The maximum absolute atomic E-state index is 12.5. The van der Waals surface area contributed by atoms with Crippen LogP contribution in [0.15, 0.2) is 60.0 Å². The van der Waals surface area contributed by atoms with Crippen LogP contribution in [0.5, 0.6) is 0 Å². The van der Waals surface area contributed by atoms with Crippen LogP contribution in [0.25, 0.3) is 0 Å². The van der Waals surface area contributed by atoms with Gasteiger partial charge < -0.3 is 10.6 Å². The van der Waals surface area contributed by atoms with Gasteiger partial charge in [-0.15, -0.1) is 11.3 Å². The van der Waals surface area contributed by atoms with Crippen molar-refractivity contribution in [3.8, 4) is 0 Å². The first-order chi connectivity index (χ1) is 13.7. The number of sulfonamides is 1. The molecule has 3 N–H and O–H groups in total. The second kappa shape index (κ2) is 8.64. The lowest BCUT2D eigenvalue weighted by Gasteiger charge is -2.07. The summed E-state index contributed by atoms with van der Waals surface area (Å²) in [5.41, 5.74) is 1.69. The van der Waals surface area contributed by atoms with Crippen LogP contribution in [-0.2, 0) is 10.0 Å². The van der Waals surface area contributed by atoms with Gasteiger partial charge in [-0.2, -0.15) is 0 Å². The molecule has 1 aromatic heterocycles. The van der Waals surface area contributed by atoms with Crippen LogP contribution < -0.4 is 15.4 Å². The smallest absolute Gasteiger partial charge is 0.265 e. The number of amides is 2. The average Bonchev–Trinajstić information content (AvgIpc) is 3.13. The Hall–Kier alpha value is -2.88. The van der Waals surface area contributed by atoms with Crippen molar-refractivity contribution in [3.05, 3.63) is 75.4 Å². The van der Waals surface area contributed by atoms with Gasteiger partial charge in [0.25, 0.3) is 11.8 Å². The summed E-state index contributed by atoms with van der Waals surface area (Å²) in [6, 6.07) is 14.5. The minimum Gasteiger partial charge on any atom is -0.322 e. The summed E-state index contributed by atoms with van der Waals surface area (Å²) < 4.78 is 25.0. The molecule has 2 aromatic carbocycles.